The Hall–Kier alpha value is -2.96. The van der Waals surface area contributed by atoms with Crippen LogP contribution in [-0.2, 0) is 0 Å². The Kier molecular flexibility index (Phi) is 3.00. The quantitative estimate of drug-likeness (QED) is 0.723. The van der Waals surface area contributed by atoms with Crippen LogP contribution in [0.3, 0.4) is 0 Å². The molecule has 0 unspecified atom stereocenters. The van der Waals surface area contributed by atoms with E-state index in [1.165, 1.54) is 13.4 Å². The highest BCUT2D eigenvalue weighted by atomic mass is 16.5. The van der Waals surface area contributed by atoms with Gasteiger partial charge in [0.2, 0.25) is 11.7 Å². The Balaban J connectivity index is 2.00. The van der Waals surface area contributed by atoms with Crippen LogP contribution < -0.4 is 10.5 Å². The standard InChI is InChI=1S/C13H11N5O2/c1-19-11-6-10(15-7-16-11)12-17-13(20-18-12)8-4-2-3-5-9(8)14/h2-7H,14H2,1H3. The fourth-order valence-electron chi connectivity index (χ4n) is 1.70. The van der Waals surface area contributed by atoms with Crippen molar-refractivity contribution in [3.63, 3.8) is 0 Å². The minimum absolute atomic E-state index is 0.343. The lowest BCUT2D eigenvalue weighted by Crippen LogP contribution is -1.92. The van der Waals surface area contributed by atoms with E-state index in [1.54, 1.807) is 12.1 Å². The molecule has 100 valence electrons. The van der Waals surface area contributed by atoms with Crippen molar-refractivity contribution in [2.45, 2.75) is 0 Å². The molecule has 0 atom stereocenters. The van der Waals surface area contributed by atoms with Crippen LogP contribution in [0.2, 0.25) is 0 Å². The fraction of sp³-hybridized carbons (Fsp3) is 0.0769. The number of ether oxygens (including phenoxy) is 1. The highest BCUT2D eigenvalue weighted by Gasteiger charge is 2.14. The van der Waals surface area contributed by atoms with Gasteiger partial charge in [-0.05, 0) is 12.1 Å². The van der Waals surface area contributed by atoms with Crippen LogP contribution >= 0.6 is 0 Å². The first-order valence-corrected chi connectivity index (χ1v) is 5.83. The molecular formula is C13H11N5O2. The first-order chi connectivity index (χ1) is 9.78. The van der Waals surface area contributed by atoms with Gasteiger partial charge < -0.3 is 15.0 Å². The van der Waals surface area contributed by atoms with E-state index in [-0.39, 0.29) is 0 Å². The summed E-state index contributed by atoms with van der Waals surface area (Å²) in [6.07, 6.45) is 1.38. The normalized spacial score (nSPS) is 10.4. The Morgan fingerprint density at radius 1 is 1.20 bits per heavy atom. The number of hydrogen-bond acceptors (Lipinski definition) is 7. The van der Waals surface area contributed by atoms with Gasteiger partial charge in [0.15, 0.2) is 0 Å². The molecular weight excluding hydrogens is 258 g/mol. The van der Waals surface area contributed by atoms with Gasteiger partial charge >= 0.3 is 0 Å². The van der Waals surface area contributed by atoms with E-state index in [1.807, 2.05) is 18.2 Å². The summed E-state index contributed by atoms with van der Waals surface area (Å²) in [5.41, 5.74) is 7.65. The topological polar surface area (TPSA) is 100.0 Å². The van der Waals surface area contributed by atoms with Crippen molar-refractivity contribution in [3.05, 3.63) is 36.7 Å². The number of aromatic nitrogens is 4. The van der Waals surface area contributed by atoms with E-state index in [2.05, 4.69) is 20.1 Å². The van der Waals surface area contributed by atoms with Gasteiger partial charge in [-0.3, -0.25) is 0 Å². The van der Waals surface area contributed by atoms with Gasteiger partial charge in [-0.2, -0.15) is 4.98 Å². The monoisotopic (exact) mass is 269 g/mol. The number of rotatable bonds is 3. The number of benzene rings is 1. The molecule has 0 radical (unpaired) electrons. The van der Waals surface area contributed by atoms with Crippen LogP contribution in [0.25, 0.3) is 23.0 Å². The maximum Gasteiger partial charge on any atom is 0.260 e. The maximum atomic E-state index is 5.87. The molecule has 2 N–H and O–H groups in total. The number of nitrogens with two attached hydrogens (primary N) is 1. The van der Waals surface area contributed by atoms with E-state index < -0.39 is 0 Å². The van der Waals surface area contributed by atoms with Gasteiger partial charge in [0.1, 0.15) is 12.0 Å². The van der Waals surface area contributed by atoms with Gasteiger partial charge in [-0.1, -0.05) is 17.3 Å². The summed E-state index contributed by atoms with van der Waals surface area (Å²) in [5.74, 6) is 1.13. The number of para-hydroxylation sites is 1. The molecule has 0 saturated carbocycles. The van der Waals surface area contributed by atoms with Crippen LogP contribution in [0.5, 0.6) is 5.88 Å². The minimum Gasteiger partial charge on any atom is -0.481 e. The lowest BCUT2D eigenvalue weighted by atomic mass is 10.2. The zero-order valence-electron chi connectivity index (χ0n) is 10.6. The summed E-state index contributed by atoms with van der Waals surface area (Å²) in [5, 5.41) is 3.89. The fourth-order valence-corrected chi connectivity index (χ4v) is 1.70. The second kappa shape index (κ2) is 4.96. The van der Waals surface area contributed by atoms with Gasteiger partial charge in [0, 0.05) is 11.8 Å². The lowest BCUT2D eigenvalue weighted by Gasteiger charge is -1.98. The van der Waals surface area contributed by atoms with Crippen molar-refractivity contribution in [2.24, 2.45) is 0 Å². The SMILES string of the molecule is COc1cc(-c2noc(-c3ccccc3N)n2)ncn1. The molecule has 0 saturated heterocycles. The zero-order chi connectivity index (χ0) is 13.9. The summed E-state index contributed by atoms with van der Waals surface area (Å²) in [4.78, 5) is 12.3. The Bertz CT molecular complexity index is 741. The van der Waals surface area contributed by atoms with Gasteiger partial charge in [-0.15, -0.1) is 0 Å². The molecule has 0 aliphatic carbocycles. The number of hydrogen-bond donors (Lipinski definition) is 1. The van der Waals surface area contributed by atoms with Crippen LogP contribution in [-0.4, -0.2) is 27.2 Å². The molecule has 3 rings (SSSR count). The lowest BCUT2D eigenvalue weighted by molar-refractivity contribution is 0.397. The molecule has 7 nitrogen and oxygen atoms in total. The highest BCUT2D eigenvalue weighted by Crippen LogP contribution is 2.26. The highest BCUT2D eigenvalue weighted by molar-refractivity contribution is 5.70. The third-order valence-corrected chi connectivity index (χ3v) is 2.70. The molecule has 1 aromatic carbocycles. The van der Waals surface area contributed by atoms with Gasteiger partial charge in [0.25, 0.3) is 5.89 Å². The average Bonchev–Trinajstić information content (AvgIpc) is 2.97. The second-order valence-electron chi connectivity index (χ2n) is 3.96. The molecule has 2 heterocycles. The predicted octanol–water partition coefficient (Wildman–Crippen LogP) is 1.78. The number of nitrogen functional groups attached to an aromatic ring is 1. The van der Waals surface area contributed by atoms with Gasteiger partial charge in [0.05, 0.1) is 12.7 Å². The average molecular weight is 269 g/mol. The van der Waals surface area contributed by atoms with Crippen molar-refractivity contribution in [1.29, 1.82) is 0 Å². The van der Waals surface area contributed by atoms with Crippen LogP contribution in [0.4, 0.5) is 5.69 Å². The van der Waals surface area contributed by atoms with Crippen LogP contribution in [0.15, 0.2) is 41.2 Å². The molecule has 20 heavy (non-hydrogen) atoms. The van der Waals surface area contributed by atoms with Crippen LogP contribution in [0, 0.1) is 0 Å². The third-order valence-electron chi connectivity index (χ3n) is 2.70. The zero-order valence-corrected chi connectivity index (χ0v) is 10.6. The van der Waals surface area contributed by atoms with Crippen molar-refractivity contribution < 1.29 is 9.26 Å². The predicted molar refractivity (Wildman–Crippen MR) is 71.7 cm³/mol. The van der Waals surface area contributed by atoms with E-state index in [0.29, 0.717) is 34.5 Å². The summed E-state index contributed by atoms with van der Waals surface area (Å²) in [6.45, 7) is 0. The molecule has 0 aliphatic rings. The Labute approximate surface area is 114 Å². The number of nitrogens with zero attached hydrogens (tertiary/aromatic N) is 4. The minimum atomic E-state index is 0.343. The summed E-state index contributed by atoms with van der Waals surface area (Å²) in [6, 6.07) is 8.90. The van der Waals surface area contributed by atoms with E-state index in [0.717, 1.165) is 0 Å². The van der Waals surface area contributed by atoms with E-state index in [9.17, 15) is 0 Å². The first kappa shape index (κ1) is 12.1. The molecule has 7 heteroatoms. The molecule has 3 aromatic rings. The van der Waals surface area contributed by atoms with Crippen molar-refractivity contribution in [2.75, 3.05) is 12.8 Å². The molecule has 0 spiro atoms. The summed E-state index contributed by atoms with van der Waals surface area (Å²) in [7, 11) is 1.53. The Morgan fingerprint density at radius 2 is 2.05 bits per heavy atom. The summed E-state index contributed by atoms with van der Waals surface area (Å²) >= 11 is 0. The van der Waals surface area contributed by atoms with Crippen molar-refractivity contribution >= 4 is 5.69 Å². The summed E-state index contributed by atoms with van der Waals surface area (Å²) < 4.78 is 10.2. The van der Waals surface area contributed by atoms with Crippen molar-refractivity contribution in [3.8, 4) is 28.9 Å². The molecule has 0 fully saturated rings. The second-order valence-corrected chi connectivity index (χ2v) is 3.96. The third kappa shape index (κ3) is 2.16. The molecule has 0 amide bonds. The first-order valence-electron chi connectivity index (χ1n) is 5.83. The van der Waals surface area contributed by atoms with Crippen LogP contribution in [0.1, 0.15) is 0 Å². The van der Waals surface area contributed by atoms with E-state index >= 15 is 0 Å². The largest absolute Gasteiger partial charge is 0.481 e. The number of methoxy groups -OCH3 is 1. The molecule has 2 aromatic heterocycles. The maximum absolute atomic E-state index is 5.87. The molecule has 0 bridgehead atoms. The molecule has 0 aliphatic heterocycles. The number of anilines is 1. The Morgan fingerprint density at radius 3 is 2.85 bits per heavy atom. The van der Waals surface area contributed by atoms with E-state index in [4.69, 9.17) is 15.0 Å². The van der Waals surface area contributed by atoms with Crippen molar-refractivity contribution in [1.82, 2.24) is 20.1 Å². The smallest absolute Gasteiger partial charge is 0.260 e. The van der Waals surface area contributed by atoms with Gasteiger partial charge in [-0.25, -0.2) is 9.97 Å².